The molecule has 35 heavy (non-hydrogen) atoms. The summed E-state index contributed by atoms with van der Waals surface area (Å²) in [6.45, 7) is 6.62. The van der Waals surface area contributed by atoms with Gasteiger partial charge in [-0.05, 0) is 37.3 Å². The van der Waals surface area contributed by atoms with Gasteiger partial charge in [0.25, 0.3) is 0 Å². The first kappa shape index (κ1) is 31.2. The van der Waals surface area contributed by atoms with Crippen molar-refractivity contribution in [3.05, 3.63) is 23.8 Å². The highest BCUT2D eigenvalue weighted by atomic mass is 16.6. The fourth-order valence-corrected chi connectivity index (χ4v) is 4.31. The zero-order valence-corrected chi connectivity index (χ0v) is 23.0. The summed E-state index contributed by atoms with van der Waals surface area (Å²) < 4.78 is 11.6. The lowest BCUT2D eigenvalue weighted by molar-refractivity contribution is -0.137. The van der Waals surface area contributed by atoms with Gasteiger partial charge in [-0.15, -0.1) is 0 Å². The van der Waals surface area contributed by atoms with Crippen LogP contribution in [0.25, 0.3) is 0 Å². The van der Waals surface area contributed by atoms with Crippen molar-refractivity contribution in [3.63, 3.8) is 0 Å². The summed E-state index contributed by atoms with van der Waals surface area (Å²) in [6.07, 6.45) is 21.0. The summed E-state index contributed by atoms with van der Waals surface area (Å²) in [5, 5.41) is 0. The predicted octanol–water partition coefficient (Wildman–Crippen LogP) is 9.51. The zero-order valence-electron chi connectivity index (χ0n) is 23.0. The van der Waals surface area contributed by atoms with Crippen molar-refractivity contribution in [2.45, 2.75) is 149 Å². The van der Waals surface area contributed by atoms with Crippen LogP contribution in [0.2, 0.25) is 0 Å². The second-order valence-electron chi connectivity index (χ2n) is 9.89. The van der Waals surface area contributed by atoms with E-state index in [2.05, 4.69) is 20.8 Å². The third-order valence-electron chi connectivity index (χ3n) is 6.52. The Bertz CT molecular complexity index is 683. The van der Waals surface area contributed by atoms with Crippen LogP contribution in [-0.4, -0.2) is 11.9 Å². The van der Waals surface area contributed by atoms with E-state index in [1.807, 2.05) is 12.1 Å². The molecule has 200 valence electrons. The van der Waals surface area contributed by atoms with Crippen LogP contribution < -0.4 is 9.47 Å². The summed E-state index contributed by atoms with van der Waals surface area (Å²) in [7, 11) is 0. The van der Waals surface area contributed by atoms with Gasteiger partial charge in [-0.2, -0.15) is 0 Å². The minimum Gasteiger partial charge on any atom is -0.423 e. The van der Waals surface area contributed by atoms with Crippen LogP contribution in [0.5, 0.6) is 11.5 Å². The largest absolute Gasteiger partial charge is 0.423 e. The molecule has 0 amide bonds. The van der Waals surface area contributed by atoms with Crippen LogP contribution in [0.15, 0.2) is 18.2 Å². The molecule has 0 saturated heterocycles. The van der Waals surface area contributed by atoms with Gasteiger partial charge in [0, 0.05) is 12.8 Å². The van der Waals surface area contributed by atoms with Gasteiger partial charge in [-0.1, -0.05) is 123 Å². The molecule has 4 nitrogen and oxygen atoms in total. The van der Waals surface area contributed by atoms with E-state index in [1.54, 1.807) is 6.07 Å². The number of carbonyl (C=O) groups is 2. The Balaban J connectivity index is 2.69. The highest BCUT2D eigenvalue weighted by Gasteiger charge is 2.18. The first-order valence-corrected chi connectivity index (χ1v) is 14.7. The number of hydrogen-bond acceptors (Lipinski definition) is 4. The molecule has 0 atom stereocenters. The highest BCUT2D eigenvalue weighted by molar-refractivity contribution is 5.76. The molecule has 0 bridgehead atoms. The van der Waals surface area contributed by atoms with Gasteiger partial charge < -0.3 is 9.47 Å². The Morgan fingerprint density at radius 2 is 1.03 bits per heavy atom. The molecule has 1 rings (SSSR count). The van der Waals surface area contributed by atoms with Crippen molar-refractivity contribution in [3.8, 4) is 11.5 Å². The SMILES string of the molecule is CCCCCCCCC(=O)Oc1cccc(CCCCCCC)c1OC(=O)CCCCCCCC. The van der Waals surface area contributed by atoms with E-state index in [9.17, 15) is 9.59 Å². The first-order chi connectivity index (χ1) is 17.1. The second kappa shape index (κ2) is 21.4. The van der Waals surface area contributed by atoms with Crippen molar-refractivity contribution in [2.24, 2.45) is 0 Å². The van der Waals surface area contributed by atoms with Gasteiger partial charge in [0.2, 0.25) is 0 Å². The molecule has 4 heteroatoms. The molecule has 0 aliphatic rings. The lowest BCUT2D eigenvalue weighted by Gasteiger charge is -2.15. The summed E-state index contributed by atoms with van der Waals surface area (Å²) in [6, 6.07) is 5.66. The fraction of sp³-hybridized carbons (Fsp3) is 0.742. The molecular formula is C31H52O4. The number of hydrogen-bond donors (Lipinski definition) is 0. The normalized spacial score (nSPS) is 10.9. The van der Waals surface area contributed by atoms with E-state index in [0.717, 1.165) is 63.4 Å². The number of aryl methyl sites for hydroxylation is 1. The molecule has 1 aromatic rings. The number of benzene rings is 1. The van der Waals surface area contributed by atoms with Crippen LogP contribution >= 0.6 is 0 Å². The van der Waals surface area contributed by atoms with E-state index in [-0.39, 0.29) is 11.9 Å². The van der Waals surface area contributed by atoms with E-state index >= 15 is 0 Å². The Morgan fingerprint density at radius 3 is 1.57 bits per heavy atom. The quantitative estimate of drug-likeness (QED) is 0.0926. The molecule has 0 aliphatic carbocycles. The predicted molar refractivity (Wildman–Crippen MR) is 146 cm³/mol. The van der Waals surface area contributed by atoms with Gasteiger partial charge in [-0.3, -0.25) is 9.59 Å². The number of carbonyl (C=O) groups excluding carboxylic acids is 2. The van der Waals surface area contributed by atoms with Crippen LogP contribution in [0.1, 0.15) is 148 Å². The van der Waals surface area contributed by atoms with Gasteiger partial charge >= 0.3 is 11.9 Å². The maximum Gasteiger partial charge on any atom is 0.311 e. The van der Waals surface area contributed by atoms with Gasteiger partial charge in [-0.25, -0.2) is 0 Å². The van der Waals surface area contributed by atoms with Gasteiger partial charge in [0.15, 0.2) is 11.5 Å². The number of rotatable bonds is 22. The molecule has 0 radical (unpaired) electrons. The number of para-hydroxylation sites is 1. The summed E-state index contributed by atoms with van der Waals surface area (Å²) in [5.41, 5.74) is 0.961. The van der Waals surface area contributed by atoms with E-state index in [1.165, 1.54) is 57.8 Å². The average Bonchev–Trinajstić information content (AvgIpc) is 2.85. The lowest BCUT2D eigenvalue weighted by Crippen LogP contribution is -2.13. The molecule has 0 spiro atoms. The van der Waals surface area contributed by atoms with Crippen molar-refractivity contribution < 1.29 is 19.1 Å². The monoisotopic (exact) mass is 488 g/mol. The summed E-state index contributed by atoms with van der Waals surface area (Å²) in [5.74, 6) is 0.375. The molecule has 0 aliphatic heterocycles. The maximum absolute atomic E-state index is 12.6. The van der Waals surface area contributed by atoms with Crippen LogP contribution in [0, 0.1) is 0 Å². The van der Waals surface area contributed by atoms with E-state index in [0.29, 0.717) is 24.3 Å². The molecule has 0 heterocycles. The third kappa shape index (κ3) is 15.7. The lowest BCUT2D eigenvalue weighted by atomic mass is 10.0. The second-order valence-corrected chi connectivity index (χ2v) is 9.89. The van der Waals surface area contributed by atoms with Gasteiger partial charge in [0.1, 0.15) is 0 Å². The first-order valence-electron chi connectivity index (χ1n) is 14.7. The van der Waals surface area contributed by atoms with Crippen molar-refractivity contribution in [1.82, 2.24) is 0 Å². The van der Waals surface area contributed by atoms with Crippen LogP contribution in [0.3, 0.4) is 0 Å². The molecule has 0 N–H and O–H groups in total. The highest BCUT2D eigenvalue weighted by Crippen LogP contribution is 2.33. The molecule has 0 fully saturated rings. The third-order valence-corrected chi connectivity index (χ3v) is 6.52. The molecule has 0 unspecified atom stereocenters. The standard InChI is InChI=1S/C31H52O4/c1-4-7-10-13-16-19-25-29(32)34-28-24-21-23-27(22-18-15-12-9-6-3)31(28)35-30(33)26-20-17-14-11-8-5-2/h21,23-24H,4-20,22,25-26H2,1-3H3. The Labute approximate surface area is 215 Å². The van der Waals surface area contributed by atoms with E-state index in [4.69, 9.17) is 9.47 Å². The Morgan fingerprint density at radius 1 is 0.571 bits per heavy atom. The molecule has 0 saturated carbocycles. The van der Waals surface area contributed by atoms with E-state index < -0.39 is 0 Å². The fourth-order valence-electron chi connectivity index (χ4n) is 4.31. The minimum atomic E-state index is -0.242. The molecule has 1 aromatic carbocycles. The van der Waals surface area contributed by atoms with Crippen LogP contribution in [0.4, 0.5) is 0 Å². The molecular weight excluding hydrogens is 436 g/mol. The number of ether oxygens (including phenoxy) is 2. The van der Waals surface area contributed by atoms with Crippen molar-refractivity contribution in [2.75, 3.05) is 0 Å². The number of unbranched alkanes of at least 4 members (excludes halogenated alkanes) is 14. The average molecular weight is 489 g/mol. The smallest absolute Gasteiger partial charge is 0.311 e. The van der Waals surface area contributed by atoms with Gasteiger partial charge in [0.05, 0.1) is 0 Å². The van der Waals surface area contributed by atoms with Crippen molar-refractivity contribution >= 4 is 11.9 Å². The Kier molecular flexibility index (Phi) is 19.1. The van der Waals surface area contributed by atoms with Crippen molar-refractivity contribution in [1.29, 1.82) is 0 Å². The minimum absolute atomic E-state index is 0.229. The Hall–Kier alpha value is -1.84. The topological polar surface area (TPSA) is 52.6 Å². The molecule has 0 aromatic heterocycles. The summed E-state index contributed by atoms with van der Waals surface area (Å²) >= 11 is 0. The number of esters is 2. The van der Waals surface area contributed by atoms with Crippen LogP contribution in [-0.2, 0) is 16.0 Å². The maximum atomic E-state index is 12.6. The summed E-state index contributed by atoms with van der Waals surface area (Å²) in [4.78, 5) is 25.2. The zero-order chi connectivity index (χ0) is 25.6.